The molecule has 0 unspecified atom stereocenters. The van der Waals surface area contributed by atoms with Gasteiger partial charge in [-0.15, -0.1) is 0 Å². The minimum absolute atomic E-state index is 0.171. The first-order valence-corrected chi connectivity index (χ1v) is 8.92. The van der Waals surface area contributed by atoms with Crippen molar-refractivity contribution in [1.82, 2.24) is 4.90 Å². The highest BCUT2D eigenvalue weighted by atomic mass is 16.6. The Hall–Kier alpha value is -2.63. The SMILES string of the molecule is CC(C)(C)OC(=O)[C@H]1CC(c2ccccc2)=CC(=O)N1C(=O)OC(C)(C)C. The standard InChI is InChI=1S/C21H27NO5/c1-20(2,3)26-18(24)16-12-15(14-10-8-7-9-11-14)13-17(23)22(16)19(25)27-21(4,5)6/h7-11,13,16H,12H2,1-6H3/t16-/m1/s1. The minimum Gasteiger partial charge on any atom is -0.458 e. The van der Waals surface area contributed by atoms with E-state index in [1.165, 1.54) is 6.08 Å². The Labute approximate surface area is 160 Å². The predicted octanol–water partition coefficient (Wildman–Crippen LogP) is 3.95. The van der Waals surface area contributed by atoms with Crippen molar-refractivity contribution in [3.05, 3.63) is 42.0 Å². The third kappa shape index (κ3) is 5.67. The largest absolute Gasteiger partial charge is 0.458 e. The van der Waals surface area contributed by atoms with Crippen LogP contribution in [-0.2, 0) is 19.1 Å². The Morgan fingerprint density at radius 1 is 0.963 bits per heavy atom. The van der Waals surface area contributed by atoms with E-state index in [1.54, 1.807) is 41.5 Å². The van der Waals surface area contributed by atoms with Crippen LogP contribution in [0.1, 0.15) is 53.5 Å². The van der Waals surface area contributed by atoms with Gasteiger partial charge < -0.3 is 9.47 Å². The number of hydrogen-bond acceptors (Lipinski definition) is 5. The minimum atomic E-state index is -1.08. The van der Waals surface area contributed by atoms with Crippen molar-refractivity contribution in [2.24, 2.45) is 0 Å². The van der Waals surface area contributed by atoms with Gasteiger partial charge in [-0.25, -0.2) is 14.5 Å². The molecule has 1 aromatic carbocycles. The lowest BCUT2D eigenvalue weighted by Crippen LogP contribution is -2.53. The van der Waals surface area contributed by atoms with Gasteiger partial charge in [0.2, 0.25) is 0 Å². The predicted molar refractivity (Wildman–Crippen MR) is 102 cm³/mol. The second-order valence-corrected chi connectivity index (χ2v) is 8.48. The highest BCUT2D eigenvalue weighted by Gasteiger charge is 2.42. The lowest BCUT2D eigenvalue weighted by molar-refractivity contribution is -0.163. The molecule has 0 saturated heterocycles. The van der Waals surface area contributed by atoms with Crippen molar-refractivity contribution in [1.29, 1.82) is 0 Å². The first-order valence-electron chi connectivity index (χ1n) is 8.92. The lowest BCUT2D eigenvalue weighted by atomic mass is 9.93. The summed E-state index contributed by atoms with van der Waals surface area (Å²) in [5.74, 6) is -1.23. The first kappa shape index (κ1) is 20.7. The molecule has 1 aromatic rings. The average molecular weight is 373 g/mol. The zero-order chi connectivity index (χ0) is 20.4. The van der Waals surface area contributed by atoms with E-state index in [1.807, 2.05) is 30.3 Å². The number of ether oxygens (including phenoxy) is 2. The van der Waals surface area contributed by atoms with Crippen LogP contribution in [0, 0.1) is 0 Å². The Bertz CT molecular complexity index is 753. The van der Waals surface area contributed by atoms with E-state index in [9.17, 15) is 14.4 Å². The topological polar surface area (TPSA) is 72.9 Å². The maximum absolute atomic E-state index is 12.8. The van der Waals surface area contributed by atoms with Crippen LogP contribution in [0.4, 0.5) is 4.79 Å². The summed E-state index contributed by atoms with van der Waals surface area (Å²) < 4.78 is 10.8. The first-order chi connectivity index (χ1) is 12.4. The molecular weight excluding hydrogens is 346 g/mol. The number of carbonyl (C=O) groups excluding carboxylic acids is 3. The molecule has 0 radical (unpaired) electrons. The van der Waals surface area contributed by atoms with Crippen LogP contribution in [-0.4, -0.2) is 40.1 Å². The fourth-order valence-corrected chi connectivity index (χ4v) is 2.67. The van der Waals surface area contributed by atoms with E-state index in [0.717, 1.165) is 10.5 Å². The van der Waals surface area contributed by atoms with Crippen LogP contribution >= 0.6 is 0 Å². The van der Waals surface area contributed by atoms with Gasteiger partial charge in [0.15, 0.2) is 0 Å². The van der Waals surface area contributed by atoms with Gasteiger partial charge >= 0.3 is 12.1 Å². The summed E-state index contributed by atoms with van der Waals surface area (Å²) >= 11 is 0. The monoisotopic (exact) mass is 373 g/mol. The van der Waals surface area contributed by atoms with Crippen molar-refractivity contribution in [2.45, 2.75) is 65.2 Å². The van der Waals surface area contributed by atoms with E-state index < -0.39 is 35.2 Å². The van der Waals surface area contributed by atoms with Crippen molar-refractivity contribution in [3.63, 3.8) is 0 Å². The van der Waals surface area contributed by atoms with Gasteiger partial charge in [0.05, 0.1) is 0 Å². The summed E-state index contributed by atoms with van der Waals surface area (Å²) in [6, 6.07) is 8.20. The van der Waals surface area contributed by atoms with Crippen LogP contribution in [0.15, 0.2) is 36.4 Å². The van der Waals surface area contributed by atoms with E-state index >= 15 is 0 Å². The number of rotatable bonds is 2. The highest BCUT2D eigenvalue weighted by molar-refractivity contribution is 6.08. The third-order valence-corrected chi connectivity index (χ3v) is 3.67. The highest BCUT2D eigenvalue weighted by Crippen LogP contribution is 2.30. The molecule has 0 N–H and O–H groups in total. The normalized spacial score (nSPS) is 18.0. The summed E-state index contributed by atoms with van der Waals surface area (Å²) in [6.45, 7) is 10.3. The van der Waals surface area contributed by atoms with Gasteiger partial charge in [-0.05, 0) is 52.7 Å². The maximum Gasteiger partial charge on any atom is 0.418 e. The molecule has 1 heterocycles. The molecule has 2 rings (SSSR count). The Balaban J connectivity index is 2.39. The smallest absolute Gasteiger partial charge is 0.418 e. The van der Waals surface area contributed by atoms with Crippen LogP contribution < -0.4 is 0 Å². The molecule has 6 nitrogen and oxygen atoms in total. The molecule has 0 aliphatic carbocycles. The van der Waals surface area contributed by atoms with Crippen LogP contribution in [0.25, 0.3) is 5.57 Å². The van der Waals surface area contributed by atoms with Crippen molar-refractivity contribution in [2.75, 3.05) is 0 Å². The number of esters is 1. The molecule has 2 amide bonds. The average Bonchev–Trinajstić information content (AvgIpc) is 2.51. The zero-order valence-corrected chi connectivity index (χ0v) is 16.7. The lowest BCUT2D eigenvalue weighted by Gasteiger charge is -2.35. The molecule has 6 heteroatoms. The van der Waals surface area contributed by atoms with Crippen LogP contribution in [0.5, 0.6) is 0 Å². The molecular formula is C21H27NO5. The number of hydrogen-bond donors (Lipinski definition) is 0. The van der Waals surface area contributed by atoms with Crippen molar-refractivity contribution >= 4 is 23.5 Å². The van der Waals surface area contributed by atoms with Crippen LogP contribution in [0.3, 0.4) is 0 Å². The molecule has 0 bridgehead atoms. The van der Waals surface area contributed by atoms with Crippen molar-refractivity contribution in [3.8, 4) is 0 Å². The number of benzene rings is 1. The van der Waals surface area contributed by atoms with E-state index in [2.05, 4.69) is 0 Å². The maximum atomic E-state index is 12.8. The second-order valence-electron chi connectivity index (χ2n) is 8.48. The Morgan fingerprint density at radius 3 is 2.04 bits per heavy atom. The van der Waals surface area contributed by atoms with E-state index in [0.29, 0.717) is 5.57 Å². The van der Waals surface area contributed by atoms with E-state index in [-0.39, 0.29) is 6.42 Å². The Kier molecular flexibility index (Phi) is 5.78. The van der Waals surface area contributed by atoms with Gasteiger partial charge in [-0.3, -0.25) is 4.79 Å². The molecule has 1 aliphatic heterocycles. The number of nitrogens with zero attached hydrogens (tertiary/aromatic N) is 1. The third-order valence-electron chi connectivity index (χ3n) is 3.67. The number of amides is 2. The molecule has 1 aliphatic rings. The van der Waals surface area contributed by atoms with Gasteiger partial charge in [-0.2, -0.15) is 0 Å². The van der Waals surface area contributed by atoms with Crippen LogP contribution in [0.2, 0.25) is 0 Å². The molecule has 1 atom stereocenters. The molecule has 27 heavy (non-hydrogen) atoms. The molecule has 0 aromatic heterocycles. The quantitative estimate of drug-likeness (QED) is 0.734. The fourth-order valence-electron chi connectivity index (χ4n) is 2.67. The number of imide groups is 1. The zero-order valence-electron chi connectivity index (χ0n) is 16.7. The molecule has 0 saturated carbocycles. The summed E-state index contributed by atoms with van der Waals surface area (Å²) in [5, 5.41) is 0. The van der Waals surface area contributed by atoms with Crippen molar-refractivity contribution < 1.29 is 23.9 Å². The summed E-state index contributed by atoms with van der Waals surface area (Å²) in [6.07, 6.45) is 0.691. The van der Waals surface area contributed by atoms with Gasteiger partial charge in [0.1, 0.15) is 17.2 Å². The summed E-state index contributed by atoms with van der Waals surface area (Å²) in [5.41, 5.74) is -0.0351. The van der Waals surface area contributed by atoms with E-state index in [4.69, 9.17) is 9.47 Å². The van der Waals surface area contributed by atoms with Gasteiger partial charge in [0.25, 0.3) is 5.91 Å². The fraction of sp³-hybridized carbons (Fsp3) is 0.476. The van der Waals surface area contributed by atoms with Gasteiger partial charge in [0, 0.05) is 12.5 Å². The molecule has 0 spiro atoms. The summed E-state index contributed by atoms with van der Waals surface area (Å²) in [7, 11) is 0. The second kappa shape index (κ2) is 7.55. The molecule has 146 valence electrons. The number of carbonyl (C=O) groups is 3. The molecule has 0 fully saturated rings. The van der Waals surface area contributed by atoms with Gasteiger partial charge in [-0.1, -0.05) is 30.3 Å². The summed E-state index contributed by atoms with van der Waals surface area (Å²) in [4.78, 5) is 38.9. The Morgan fingerprint density at radius 2 is 1.52 bits per heavy atom.